The smallest absolute Gasteiger partial charge is 0.266 e. The number of para-hydroxylation sites is 1. The van der Waals surface area contributed by atoms with Gasteiger partial charge in [0.25, 0.3) is 5.91 Å². The van der Waals surface area contributed by atoms with Gasteiger partial charge in [0.2, 0.25) is 0 Å². The second-order valence-corrected chi connectivity index (χ2v) is 8.07. The average Bonchev–Trinajstić information content (AvgIpc) is 2.88. The summed E-state index contributed by atoms with van der Waals surface area (Å²) in [5.74, 6) is 1.47. The number of anilines is 1. The summed E-state index contributed by atoms with van der Waals surface area (Å²) in [5.41, 5.74) is 1.09. The number of ether oxygens (including phenoxy) is 4. The molecule has 0 fully saturated rings. The molecule has 3 rings (SSSR count). The number of hydrogen-bond acceptors (Lipinski definition) is 6. The highest BCUT2D eigenvalue weighted by atomic mass is 79.9. The lowest BCUT2D eigenvalue weighted by Crippen LogP contribution is -2.14. The Hall–Kier alpha value is -3.80. The summed E-state index contributed by atoms with van der Waals surface area (Å²) >= 11 is 3.42. The highest BCUT2D eigenvalue weighted by molar-refractivity contribution is 9.10. The van der Waals surface area contributed by atoms with Gasteiger partial charge in [0.1, 0.15) is 42.1 Å². The maximum absolute atomic E-state index is 12.6. The summed E-state index contributed by atoms with van der Waals surface area (Å²) in [6.45, 7) is 1.52. The number of nitrogens with one attached hydrogen (secondary N) is 1. The van der Waals surface area contributed by atoms with E-state index in [9.17, 15) is 10.1 Å². The van der Waals surface area contributed by atoms with Gasteiger partial charge < -0.3 is 24.3 Å². The van der Waals surface area contributed by atoms with E-state index in [1.54, 1.807) is 43.5 Å². The van der Waals surface area contributed by atoms with Crippen LogP contribution in [-0.2, 0) is 9.53 Å². The van der Waals surface area contributed by atoms with Gasteiger partial charge in [-0.1, -0.05) is 34.1 Å². The number of halogens is 1. The van der Waals surface area contributed by atoms with Crippen LogP contribution in [0.3, 0.4) is 0 Å². The van der Waals surface area contributed by atoms with Crippen LogP contribution < -0.4 is 19.5 Å². The van der Waals surface area contributed by atoms with Gasteiger partial charge in [0.05, 0.1) is 20.3 Å². The standard InChI is InChI=1S/C27H25BrN2O5/c1-32-24-10-8-23(9-11-24)30-27(31)21(19-29)17-20-18-22(28)7-12-26(20)35-16-14-33-13-15-34-25-5-3-2-4-6-25/h2-12,17-18H,13-16H2,1H3,(H,30,31)/b21-17+. The number of amides is 1. The molecule has 0 heterocycles. The Morgan fingerprint density at radius 3 is 2.34 bits per heavy atom. The van der Waals surface area contributed by atoms with Crippen molar-refractivity contribution in [3.8, 4) is 23.3 Å². The summed E-state index contributed by atoms with van der Waals surface area (Å²) in [4.78, 5) is 12.6. The van der Waals surface area contributed by atoms with Gasteiger partial charge >= 0.3 is 0 Å². The van der Waals surface area contributed by atoms with Crippen LogP contribution in [0.1, 0.15) is 5.56 Å². The fourth-order valence-corrected chi connectivity index (χ4v) is 3.37. The molecular formula is C27H25BrN2O5. The number of rotatable bonds is 12. The van der Waals surface area contributed by atoms with Crippen molar-refractivity contribution in [2.45, 2.75) is 0 Å². The van der Waals surface area contributed by atoms with Crippen molar-refractivity contribution in [2.24, 2.45) is 0 Å². The third kappa shape index (κ3) is 8.49. The molecule has 0 spiro atoms. The molecule has 0 bridgehead atoms. The summed E-state index contributed by atoms with van der Waals surface area (Å²) in [5, 5.41) is 12.3. The number of hydrogen-bond donors (Lipinski definition) is 1. The van der Waals surface area contributed by atoms with Gasteiger partial charge in [-0.2, -0.15) is 5.26 Å². The molecule has 0 aliphatic heterocycles. The molecule has 35 heavy (non-hydrogen) atoms. The van der Waals surface area contributed by atoms with E-state index >= 15 is 0 Å². The van der Waals surface area contributed by atoms with Crippen molar-refractivity contribution in [1.29, 1.82) is 5.26 Å². The van der Waals surface area contributed by atoms with Crippen molar-refractivity contribution in [1.82, 2.24) is 0 Å². The van der Waals surface area contributed by atoms with Crippen molar-refractivity contribution < 1.29 is 23.7 Å². The van der Waals surface area contributed by atoms with Crippen LogP contribution in [0.4, 0.5) is 5.69 Å². The molecule has 7 nitrogen and oxygen atoms in total. The van der Waals surface area contributed by atoms with Gasteiger partial charge in [0, 0.05) is 15.7 Å². The molecule has 0 radical (unpaired) electrons. The predicted octanol–water partition coefficient (Wildman–Crippen LogP) is 5.48. The summed E-state index contributed by atoms with van der Waals surface area (Å²) in [6, 6.07) is 23.7. The first-order valence-electron chi connectivity index (χ1n) is 10.8. The molecule has 0 unspecified atom stereocenters. The molecule has 0 atom stereocenters. The van der Waals surface area contributed by atoms with Gasteiger partial charge in [-0.15, -0.1) is 0 Å². The van der Waals surface area contributed by atoms with Crippen LogP contribution in [0.25, 0.3) is 6.08 Å². The van der Waals surface area contributed by atoms with Crippen molar-refractivity contribution >= 4 is 33.6 Å². The van der Waals surface area contributed by atoms with Gasteiger partial charge in [-0.3, -0.25) is 4.79 Å². The zero-order valence-electron chi connectivity index (χ0n) is 19.2. The van der Waals surface area contributed by atoms with Gasteiger partial charge in [-0.05, 0) is 60.7 Å². The number of carbonyl (C=O) groups excluding carboxylic acids is 1. The van der Waals surface area contributed by atoms with Crippen LogP contribution in [0.2, 0.25) is 0 Å². The number of benzene rings is 3. The molecule has 0 saturated heterocycles. The Labute approximate surface area is 213 Å². The second-order valence-electron chi connectivity index (χ2n) is 7.16. The number of carbonyl (C=O) groups is 1. The van der Waals surface area contributed by atoms with E-state index in [-0.39, 0.29) is 5.57 Å². The zero-order chi connectivity index (χ0) is 24.9. The third-order valence-electron chi connectivity index (χ3n) is 4.71. The third-order valence-corrected chi connectivity index (χ3v) is 5.20. The Morgan fingerprint density at radius 2 is 1.66 bits per heavy atom. The van der Waals surface area contributed by atoms with Crippen LogP contribution in [0, 0.1) is 11.3 Å². The topological polar surface area (TPSA) is 89.8 Å². The van der Waals surface area contributed by atoms with Crippen LogP contribution in [0.5, 0.6) is 17.2 Å². The fraction of sp³-hybridized carbons (Fsp3) is 0.185. The summed E-state index contributed by atoms with van der Waals surface area (Å²) in [7, 11) is 1.56. The highest BCUT2D eigenvalue weighted by Gasteiger charge is 2.12. The Morgan fingerprint density at radius 1 is 0.943 bits per heavy atom. The minimum atomic E-state index is -0.523. The lowest BCUT2D eigenvalue weighted by atomic mass is 10.1. The Kier molecular flexibility index (Phi) is 10.2. The molecule has 1 N–H and O–H groups in total. The SMILES string of the molecule is COc1ccc(NC(=O)/C(C#N)=C/c2cc(Br)ccc2OCCOCCOc2ccccc2)cc1. The molecule has 8 heteroatoms. The van der Waals surface area contributed by atoms with Crippen molar-refractivity contribution in [3.05, 3.63) is 88.4 Å². The minimum absolute atomic E-state index is 0.0573. The highest BCUT2D eigenvalue weighted by Crippen LogP contribution is 2.26. The van der Waals surface area contributed by atoms with E-state index in [0.717, 1.165) is 10.2 Å². The molecule has 180 valence electrons. The molecule has 3 aromatic carbocycles. The molecule has 0 aliphatic carbocycles. The first kappa shape index (κ1) is 25.8. The lowest BCUT2D eigenvalue weighted by Gasteiger charge is -2.11. The van der Waals surface area contributed by atoms with Crippen molar-refractivity contribution in [2.75, 3.05) is 38.9 Å². The first-order chi connectivity index (χ1) is 17.1. The predicted molar refractivity (Wildman–Crippen MR) is 138 cm³/mol. The van der Waals surface area contributed by atoms with E-state index in [1.165, 1.54) is 6.08 Å². The quantitative estimate of drug-likeness (QED) is 0.187. The summed E-state index contributed by atoms with van der Waals surface area (Å²) in [6.07, 6.45) is 1.49. The molecule has 0 aromatic heterocycles. The second kappa shape index (κ2) is 13.8. The maximum atomic E-state index is 12.6. The maximum Gasteiger partial charge on any atom is 0.266 e. The molecular weight excluding hydrogens is 512 g/mol. The summed E-state index contributed by atoms with van der Waals surface area (Å²) < 4.78 is 22.9. The number of nitriles is 1. The normalized spacial score (nSPS) is 10.8. The van der Waals surface area contributed by atoms with Gasteiger partial charge in [0.15, 0.2) is 0 Å². The fourth-order valence-electron chi connectivity index (χ4n) is 2.99. The van der Waals surface area contributed by atoms with Gasteiger partial charge in [-0.25, -0.2) is 0 Å². The molecule has 1 amide bonds. The van der Waals surface area contributed by atoms with E-state index in [4.69, 9.17) is 18.9 Å². The van der Waals surface area contributed by atoms with E-state index in [1.807, 2.05) is 42.5 Å². The average molecular weight is 537 g/mol. The number of methoxy groups -OCH3 is 1. The number of nitrogens with zero attached hydrogens (tertiary/aromatic N) is 1. The zero-order valence-corrected chi connectivity index (χ0v) is 20.8. The molecule has 0 saturated carbocycles. The van der Waals surface area contributed by atoms with Crippen LogP contribution in [-0.4, -0.2) is 39.4 Å². The van der Waals surface area contributed by atoms with E-state index < -0.39 is 5.91 Å². The lowest BCUT2D eigenvalue weighted by molar-refractivity contribution is -0.112. The Bertz CT molecular complexity index is 1170. The largest absolute Gasteiger partial charge is 0.497 e. The molecule has 0 aliphatic rings. The van der Waals surface area contributed by atoms with Crippen molar-refractivity contribution in [3.63, 3.8) is 0 Å². The molecule has 3 aromatic rings. The Balaban J connectivity index is 1.54. The van der Waals surface area contributed by atoms with E-state index in [2.05, 4.69) is 21.2 Å². The van der Waals surface area contributed by atoms with Crippen LogP contribution >= 0.6 is 15.9 Å². The monoisotopic (exact) mass is 536 g/mol. The first-order valence-corrected chi connectivity index (χ1v) is 11.6. The van der Waals surface area contributed by atoms with E-state index in [0.29, 0.717) is 49.2 Å². The van der Waals surface area contributed by atoms with Crippen LogP contribution in [0.15, 0.2) is 82.8 Å². The minimum Gasteiger partial charge on any atom is -0.497 e.